The van der Waals surface area contributed by atoms with Crippen LogP contribution in [0.4, 0.5) is 0 Å². The van der Waals surface area contributed by atoms with Gasteiger partial charge in [-0.3, -0.25) is 4.79 Å². The molecule has 0 saturated carbocycles. The average molecular weight is 203 g/mol. The van der Waals surface area contributed by atoms with Crippen molar-refractivity contribution in [2.75, 3.05) is 0 Å². The third kappa shape index (κ3) is 1.85. The van der Waals surface area contributed by atoms with E-state index in [2.05, 4.69) is 14.9 Å². The van der Waals surface area contributed by atoms with E-state index in [4.69, 9.17) is 0 Å². The smallest absolute Gasteiger partial charge is 0.321 e. The Morgan fingerprint density at radius 1 is 1.33 bits per heavy atom. The van der Waals surface area contributed by atoms with Gasteiger partial charge < -0.3 is 4.84 Å². The van der Waals surface area contributed by atoms with Gasteiger partial charge in [0.05, 0.1) is 0 Å². The number of aromatic nitrogens is 3. The Kier molecular flexibility index (Phi) is 2.45. The van der Waals surface area contributed by atoms with Crippen molar-refractivity contribution < 1.29 is 9.63 Å². The van der Waals surface area contributed by atoms with Crippen LogP contribution in [0.15, 0.2) is 30.6 Å². The molecule has 0 aliphatic heterocycles. The van der Waals surface area contributed by atoms with E-state index >= 15 is 0 Å². The van der Waals surface area contributed by atoms with Gasteiger partial charge in [-0.1, -0.05) is 34.7 Å². The highest BCUT2D eigenvalue weighted by Crippen LogP contribution is 2.15. The SMILES string of the molecule is Cc1ccc(-c2ncnn2OC=O)cc1. The molecule has 76 valence electrons. The Hall–Kier alpha value is -2.17. The van der Waals surface area contributed by atoms with E-state index in [0.717, 1.165) is 16.0 Å². The fraction of sp³-hybridized carbons (Fsp3) is 0.100. The minimum absolute atomic E-state index is 0.312. The zero-order valence-electron chi connectivity index (χ0n) is 8.12. The minimum Gasteiger partial charge on any atom is -0.321 e. The number of aryl methyl sites for hydroxylation is 1. The van der Waals surface area contributed by atoms with Crippen molar-refractivity contribution >= 4 is 6.47 Å². The molecule has 15 heavy (non-hydrogen) atoms. The van der Waals surface area contributed by atoms with Crippen LogP contribution in [0.3, 0.4) is 0 Å². The van der Waals surface area contributed by atoms with E-state index in [0.29, 0.717) is 12.3 Å². The summed E-state index contributed by atoms with van der Waals surface area (Å²) < 4.78 is 0. The Bertz CT molecular complexity index is 462. The first-order valence-corrected chi connectivity index (χ1v) is 4.39. The zero-order chi connectivity index (χ0) is 10.7. The molecule has 0 N–H and O–H groups in total. The molecule has 0 atom stereocenters. The Labute approximate surface area is 86.3 Å². The fourth-order valence-corrected chi connectivity index (χ4v) is 1.24. The highest BCUT2D eigenvalue weighted by Gasteiger charge is 2.07. The van der Waals surface area contributed by atoms with Gasteiger partial charge in [0, 0.05) is 5.56 Å². The molecule has 0 aliphatic rings. The molecule has 0 bridgehead atoms. The molecule has 5 heteroatoms. The molecule has 2 rings (SSSR count). The summed E-state index contributed by atoms with van der Waals surface area (Å²) in [6.45, 7) is 2.31. The number of hydrogen-bond acceptors (Lipinski definition) is 4. The van der Waals surface area contributed by atoms with Crippen molar-refractivity contribution in [1.82, 2.24) is 14.9 Å². The molecular formula is C10H9N3O2. The normalized spacial score (nSPS) is 9.93. The van der Waals surface area contributed by atoms with Crippen LogP contribution >= 0.6 is 0 Å². The first kappa shape index (κ1) is 9.39. The van der Waals surface area contributed by atoms with E-state index in [9.17, 15) is 4.79 Å². The largest absolute Gasteiger partial charge is 0.323 e. The minimum atomic E-state index is 0.312. The predicted octanol–water partition coefficient (Wildman–Crippen LogP) is 0.839. The van der Waals surface area contributed by atoms with Gasteiger partial charge in [0.15, 0.2) is 5.82 Å². The molecule has 0 amide bonds. The Morgan fingerprint density at radius 2 is 2.07 bits per heavy atom. The lowest BCUT2D eigenvalue weighted by Gasteiger charge is -2.01. The van der Waals surface area contributed by atoms with Gasteiger partial charge in [-0.05, 0) is 6.92 Å². The van der Waals surface area contributed by atoms with E-state index in [1.807, 2.05) is 31.2 Å². The first-order chi connectivity index (χ1) is 7.31. The molecule has 0 radical (unpaired) electrons. The van der Waals surface area contributed by atoms with Crippen LogP contribution < -0.4 is 4.84 Å². The number of carbonyl (C=O) groups is 1. The van der Waals surface area contributed by atoms with Gasteiger partial charge in [-0.15, -0.1) is 5.10 Å². The molecular weight excluding hydrogens is 194 g/mol. The third-order valence-corrected chi connectivity index (χ3v) is 1.97. The number of nitrogens with zero attached hydrogens (tertiary/aromatic N) is 3. The van der Waals surface area contributed by atoms with Crippen molar-refractivity contribution in [2.24, 2.45) is 0 Å². The lowest BCUT2D eigenvalue weighted by molar-refractivity contribution is -0.130. The molecule has 1 heterocycles. The van der Waals surface area contributed by atoms with Crippen molar-refractivity contribution in [3.63, 3.8) is 0 Å². The van der Waals surface area contributed by atoms with Gasteiger partial charge in [0.25, 0.3) is 0 Å². The molecule has 1 aromatic carbocycles. The summed E-state index contributed by atoms with van der Waals surface area (Å²) >= 11 is 0. The van der Waals surface area contributed by atoms with Gasteiger partial charge in [0.1, 0.15) is 6.33 Å². The summed E-state index contributed by atoms with van der Waals surface area (Å²) in [7, 11) is 0. The monoisotopic (exact) mass is 203 g/mol. The van der Waals surface area contributed by atoms with Crippen LogP contribution in [0.2, 0.25) is 0 Å². The van der Waals surface area contributed by atoms with Gasteiger partial charge in [0.2, 0.25) is 0 Å². The fourth-order valence-electron chi connectivity index (χ4n) is 1.24. The Morgan fingerprint density at radius 3 is 2.73 bits per heavy atom. The highest BCUT2D eigenvalue weighted by molar-refractivity contribution is 5.55. The van der Waals surface area contributed by atoms with Crippen LogP contribution in [0, 0.1) is 6.92 Å². The predicted molar refractivity (Wildman–Crippen MR) is 52.8 cm³/mol. The van der Waals surface area contributed by atoms with Crippen LogP contribution in [0.25, 0.3) is 11.4 Å². The maximum atomic E-state index is 10.2. The highest BCUT2D eigenvalue weighted by atomic mass is 16.7. The lowest BCUT2D eigenvalue weighted by Crippen LogP contribution is -2.12. The second-order valence-corrected chi connectivity index (χ2v) is 3.02. The third-order valence-electron chi connectivity index (χ3n) is 1.97. The molecule has 0 aliphatic carbocycles. The summed E-state index contributed by atoms with van der Waals surface area (Å²) in [5.41, 5.74) is 2.00. The first-order valence-electron chi connectivity index (χ1n) is 4.39. The van der Waals surface area contributed by atoms with Crippen LogP contribution in [0.1, 0.15) is 5.56 Å². The van der Waals surface area contributed by atoms with Gasteiger partial charge >= 0.3 is 6.47 Å². The van der Waals surface area contributed by atoms with Crippen LogP contribution in [-0.2, 0) is 4.79 Å². The molecule has 0 fully saturated rings. The summed E-state index contributed by atoms with van der Waals surface area (Å²) in [6.07, 6.45) is 1.33. The number of benzene rings is 1. The molecule has 0 unspecified atom stereocenters. The van der Waals surface area contributed by atoms with Crippen LogP contribution in [0.5, 0.6) is 0 Å². The van der Waals surface area contributed by atoms with E-state index in [1.54, 1.807) is 0 Å². The standard InChI is InChI=1S/C10H9N3O2/c1-8-2-4-9(5-3-8)10-11-6-12-13(10)15-7-14/h2-7H,1H3. The quantitative estimate of drug-likeness (QED) is 0.693. The van der Waals surface area contributed by atoms with Crippen molar-refractivity contribution in [2.45, 2.75) is 6.92 Å². The molecule has 1 aromatic heterocycles. The molecule has 5 nitrogen and oxygen atoms in total. The maximum Gasteiger partial charge on any atom is 0.323 e. The second kappa shape index (κ2) is 3.91. The molecule has 0 spiro atoms. The zero-order valence-corrected chi connectivity index (χ0v) is 8.12. The van der Waals surface area contributed by atoms with E-state index in [1.165, 1.54) is 6.33 Å². The van der Waals surface area contributed by atoms with Crippen molar-refractivity contribution in [3.05, 3.63) is 36.2 Å². The number of rotatable bonds is 3. The lowest BCUT2D eigenvalue weighted by atomic mass is 10.1. The van der Waals surface area contributed by atoms with Crippen molar-refractivity contribution in [3.8, 4) is 11.4 Å². The van der Waals surface area contributed by atoms with Gasteiger partial charge in [-0.2, -0.15) is 0 Å². The van der Waals surface area contributed by atoms with Gasteiger partial charge in [-0.25, -0.2) is 4.98 Å². The number of carbonyl (C=O) groups excluding carboxylic acids is 1. The average Bonchev–Trinajstić information content (AvgIpc) is 2.68. The van der Waals surface area contributed by atoms with Crippen LogP contribution in [-0.4, -0.2) is 21.4 Å². The molecule has 0 saturated heterocycles. The molecule has 2 aromatic rings. The number of hydrogen-bond donors (Lipinski definition) is 0. The van der Waals surface area contributed by atoms with Crippen molar-refractivity contribution in [1.29, 1.82) is 0 Å². The van der Waals surface area contributed by atoms with E-state index in [-0.39, 0.29) is 0 Å². The summed E-state index contributed by atoms with van der Waals surface area (Å²) in [5.74, 6) is 0.502. The summed E-state index contributed by atoms with van der Waals surface area (Å²) in [6, 6.07) is 7.69. The maximum absolute atomic E-state index is 10.2. The Balaban J connectivity index is 2.40. The summed E-state index contributed by atoms with van der Waals surface area (Å²) in [4.78, 5) is 19.9. The summed E-state index contributed by atoms with van der Waals surface area (Å²) in [5, 5.41) is 3.76. The second-order valence-electron chi connectivity index (χ2n) is 3.02. The van der Waals surface area contributed by atoms with E-state index < -0.39 is 0 Å². The topological polar surface area (TPSA) is 57.0 Å².